The Kier molecular flexibility index (Phi) is 7.97. The Hall–Kier alpha value is -4.53. The molecule has 228 valence electrons. The first kappa shape index (κ1) is 29.5. The fourth-order valence-electron chi connectivity index (χ4n) is 5.86. The maximum absolute atomic E-state index is 13.5. The van der Waals surface area contributed by atoms with Crippen molar-refractivity contribution < 1.29 is 22.7 Å². The van der Waals surface area contributed by atoms with Crippen molar-refractivity contribution in [2.45, 2.75) is 42.1 Å². The van der Waals surface area contributed by atoms with Crippen LogP contribution < -0.4 is 5.73 Å². The minimum atomic E-state index is -3.79. The number of aromatic amines is 1. The van der Waals surface area contributed by atoms with E-state index >= 15 is 0 Å². The number of fused-ring (bicyclic) bond motifs is 1. The van der Waals surface area contributed by atoms with Gasteiger partial charge in [-0.25, -0.2) is 13.4 Å². The SMILES string of the molecule is COCCOC1(C(=O)c2nnc[nH]2)CCC(c2nc3c(-c4ccc(-c5ccccc5)nc4)cnn3c(N)c2S(C)(=O)=O)CC1. The lowest BCUT2D eigenvalue weighted by Crippen LogP contribution is -2.46. The van der Waals surface area contributed by atoms with Gasteiger partial charge in [-0.05, 0) is 31.7 Å². The lowest BCUT2D eigenvalue weighted by molar-refractivity contribution is -0.0636. The molecule has 1 aromatic carbocycles. The fourth-order valence-corrected chi connectivity index (χ4v) is 6.92. The van der Waals surface area contributed by atoms with Crippen LogP contribution in [0.25, 0.3) is 28.0 Å². The highest BCUT2D eigenvalue weighted by Crippen LogP contribution is 2.44. The third-order valence-electron chi connectivity index (χ3n) is 8.07. The minimum Gasteiger partial charge on any atom is -0.382 e. The zero-order chi connectivity index (χ0) is 30.9. The van der Waals surface area contributed by atoms with Gasteiger partial charge in [0, 0.05) is 42.2 Å². The molecule has 1 saturated carbocycles. The molecule has 0 amide bonds. The predicted octanol–water partition coefficient (Wildman–Crippen LogP) is 3.50. The number of nitrogens with two attached hydrogens (primary N) is 1. The van der Waals surface area contributed by atoms with Crippen molar-refractivity contribution in [1.29, 1.82) is 0 Å². The van der Waals surface area contributed by atoms with Gasteiger partial charge in [-0.2, -0.15) is 9.61 Å². The molecule has 0 spiro atoms. The molecule has 0 unspecified atom stereocenters. The number of anilines is 1. The standard InChI is InChI=1S/C30H32N8O5S/c1-42-14-15-43-30(26(39)28-33-18-34-37-28)12-10-20(11-13-30)24-25(44(2,40)41)27(31)38-29(36-24)22(17-35-38)21-8-9-23(32-16-21)19-6-4-3-5-7-19/h3-9,16-18,20H,10-15,31H2,1-2H3,(H,33,34,37). The van der Waals surface area contributed by atoms with Gasteiger partial charge in [-0.3, -0.25) is 9.78 Å². The number of carbonyl (C=O) groups excluding carboxylic acids is 1. The second kappa shape index (κ2) is 11.9. The van der Waals surface area contributed by atoms with Crippen LogP contribution in [-0.4, -0.2) is 81.1 Å². The predicted molar refractivity (Wildman–Crippen MR) is 162 cm³/mol. The van der Waals surface area contributed by atoms with Gasteiger partial charge in [0.2, 0.25) is 5.78 Å². The van der Waals surface area contributed by atoms with Crippen LogP contribution in [0.2, 0.25) is 0 Å². The number of pyridine rings is 1. The molecule has 13 nitrogen and oxygen atoms in total. The summed E-state index contributed by atoms with van der Waals surface area (Å²) in [5.74, 6) is -0.522. The van der Waals surface area contributed by atoms with Gasteiger partial charge in [0.25, 0.3) is 0 Å². The van der Waals surface area contributed by atoms with E-state index in [1.54, 1.807) is 19.5 Å². The molecule has 1 aliphatic rings. The molecule has 3 N–H and O–H groups in total. The number of carbonyl (C=O) groups is 1. The first-order chi connectivity index (χ1) is 21.2. The van der Waals surface area contributed by atoms with E-state index < -0.39 is 15.4 Å². The quantitative estimate of drug-likeness (QED) is 0.173. The molecule has 1 fully saturated rings. The summed E-state index contributed by atoms with van der Waals surface area (Å²) < 4.78 is 38.8. The van der Waals surface area contributed by atoms with Crippen molar-refractivity contribution in [2.75, 3.05) is 32.3 Å². The number of nitrogens with one attached hydrogen (secondary N) is 1. The first-order valence-corrected chi connectivity index (χ1v) is 16.0. The molecule has 4 aromatic heterocycles. The van der Waals surface area contributed by atoms with Crippen molar-refractivity contribution >= 4 is 27.1 Å². The Labute approximate surface area is 253 Å². The van der Waals surface area contributed by atoms with Gasteiger partial charge in [-0.15, -0.1) is 10.2 Å². The first-order valence-electron chi connectivity index (χ1n) is 14.1. The summed E-state index contributed by atoms with van der Waals surface area (Å²) in [6.07, 6.45) is 7.28. The van der Waals surface area contributed by atoms with Gasteiger partial charge < -0.3 is 20.2 Å². The summed E-state index contributed by atoms with van der Waals surface area (Å²) in [4.78, 5) is 25.8. The van der Waals surface area contributed by atoms with Gasteiger partial charge >= 0.3 is 0 Å². The number of nitrogens with zero attached hydrogens (tertiary/aromatic N) is 6. The van der Waals surface area contributed by atoms with E-state index in [0.717, 1.165) is 23.1 Å². The Morgan fingerprint density at radius 2 is 1.86 bits per heavy atom. The Balaban J connectivity index is 1.37. The van der Waals surface area contributed by atoms with Gasteiger partial charge in [-0.1, -0.05) is 36.4 Å². The molecule has 44 heavy (non-hydrogen) atoms. The van der Waals surface area contributed by atoms with E-state index in [-0.39, 0.29) is 34.8 Å². The van der Waals surface area contributed by atoms with Crippen molar-refractivity contribution in [3.8, 4) is 22.4 Å². The fraction of sp³-hybridized carbons (Fsp3) is 0.333. The monoisotopic (exact) mass is 616 g/mol. The topological polar surface area (TPSA) is 180 Å². The molecule has 1 aliphatic carbocycles. The zero-order valence-corrected chi connectivity index (χ0v) is 25.1. The number of methoxy groups -OCH3 is 1. The minimum absolute atomic E-state index is 0.0152. The normalized spacial score (nSPS) is 18.9. The van der Waals surface area contributed by atoms with Crippen LogP contribution in [0.1, 0.15) is 47.9 Å². The van der Waals surface area contributed by atoms with Crippen LogP contribution in [-0.2, 0) is 19.3 Å². The van der Waals surface area contributed by atoms with Crippen molar-refractivity contribution in [3.05, 3.63) is 72.7 Å². The summed E-state index contributed by atoms with van der Waals surface area (Å²) >= 11 is 0. The highest BCUT2D eigenvalue weighted by molar-refractivity contribution is 7.91. The van der Waals surface area contributed by atoms with E-state index in [9.17, 15) is 13.2 Å². The molecular weight excluding hydrogens is 584 g/mol. The maximum atomic E-state index is 13.5. The Bertz CT molecular complexity index is 1880. The van der Waals surface area contributed by atoms with Crippen LogP contribution in [0.4, 0.5) is 5.82 Å². The smallest absolute Gasteiger partial charge is 0.231 e. The Morgan fingerprint density at radius 1 is 1.09 bits per heavy atom. The number of ether oxygens (including phenoxy) is 2. The van der Waals surface area contributed by atoms with Crippen molar-refractivity contribution in [1.82, 2.24) is 34.8 Å². The third-order valence-corrected chi connectivity index (χ3v) is 9.23. The molecule has 6 rings (SSSR count). The molecule has 0 atom stereocenters. The summed E-state index contributed by atoms with van der Waals surface area (Å²) in [5, 5.41) is 12.0. The summed E-state index contributed by atoms with van der Waals surface area (Å²) in [6, 6.07) is 13.7. The second-order valence-electron chi connectivity index (χ2n) is 10.9. The van der Waals surface area contributed by atoms with Crippen LogP contribution in [0.5, 0.6) is 0 Å². The van der Waals surface area contributed by atoms with E-state index in [2.05, 4.69) is 25.3 Å². The number of benzene rings is 1. The second-order valence-corrected chi connectivity index (χ2v) is 12.8. The number of aromatic nitrogens is 7. The molecule has 0 aliphatic heterocycles. The number of ketones is 1. The lowest BCUT2D eigenvalue weighted by atomic mass is 9.75. The number of Topliss-reactive ketones (excluding diaryl/α,β-unsaturated/α-hetero) is 1. The lowest BCUT2D eigenvalue weighted by Gasteiger charge is -2.38. The van der Waals surface area contributed by atoms with Crippen LogP contribution in [0.15, 0.2) is 66.1 Å². The average molecular weight is 617 g/mol. The molecule has 0 bridgehead atoms. The van der Waals surface area contributed by atoms with Gasteiger partial charge in [0.05, 0.1) is 30.8 Å². The number of rotatable bonds is 10. The van der Waals surface area contributed by atoms with Crippen LogP contribution >= 0.6 is 0 Å². The Morgan fingerprint density at radius 3 is 2.50 bits per heavy atom. The number of nitrogen functional groups attached to an aromatic ring is 1. The number of hydrogen-bond acceptors (Lipinski definition) is 11. The average Bonchev–Trinajstić information content (AvgIpc) is 3.72. The highest BCUT2D eigenvalue weighted by Gasteiger charge is 2.46. The van der Waals surface area contributed by atoms with Crippen molar-refractivity contribution in [3.63, 3.8) is 0 Å². The molecular formula is C30H32N8O5S. The third kappa shape index (κ3) is 5.47. The van der Waals surface area contributed by atoms with E-state index in [1.165, 1.54) is 10.8 Å². The van der Waals surface area contributed by atoms with Gasteiger partial charge in [0.1, 0.15) is 22.6 Å². The molecule has 14 heteroatoms. The largest absolute Gasteiger partial charge is 0.382 e. The maximum Gasteiger partial charge on any atom is 0.231 e. The summed E-state index contributed by atoms with van der Waals surface area (Å²) in [6.45, 7) is 0.524. The van der Waals surface area contributed by atoms with Crippen LogP contribution in [0, 0.1) is 0 Å². The molecule has 4 heterocycles. The molecule has 0 saturated heterocycles. The van der Waals surface area contributed by atoms with Crippen molar-refractivity contribution in [2.24, 2.45) is 0 Å². The van der Waals surface area contributed by atoms with E-state index in [4.69, 9.17) is 20.2 Å². The van der Waals surface area contributed by atoms with E-state index in [0.29, 0.717) is 49.2 Å². The zero-order valence-electron chi connectivity index (χ0n) is 24.3. The number of H-pyrrole nitrogens is 1. The van der Waals surface area contributed by atoms with E-state index in [1.807, 2.05) is 42.5 Å². The number of hydrogen-bond donors (Lipinski definition) is 2. The summed E-state index contributed by atoms with van der Waals surface area (Å²) in [5.41, 5.74) is 9.35. The van der Waals surface area contributed by atoms with Gasteiger partial charge in [0.15, 0.2) is 21.3 Å². The van der Waals surface area contributed by atoms with Crippen LogP contribution in [0.3, 0.4) is 0 Å². The number of sulfone groups is 1. The molecule has 5 aromatic rings. The highest BCUT2D eigenvalue weighted by atomic mass is 32.2. The summed E-state index contributed by atoms with van der Waals surface area (Å²) in [7, 11) is -2.24. The molecule has 0 radical (unpaired) electrons.